The van der Waals surface area contributed by atoms with Crippen LogP contribution in [-0.2, 0) is 20.7 Å². The summed E-state index contributed by atoms with van der Waals surface area (Å²) in [6.45, 7) is 5.50. The minimum Gasteiger partial charge on any atom is -0.494 e. The zero-order valence-corrected chi connectivity index (χ0v) is 27.2. The first-order valence-corrected chi connectivity index (χ1v) is 15.7. The number of amides is 1. The largest absolute Gasteiger partial charge is 0.494 e. The van der Waals surface area contributed by atoms with Gasteiger partial charge >= 0.3 is 0 Å². The van der Waals surface area contributed by atoms with Crippen molar-refractivity contribution < 1.29 is 24.1 Å². The van der Waals surface area contributed by atoms with Gasteiger partial charge in [0.25, 0.3) is 5.91 Å². The normalized spacial score (nSPS) is 17.9. The molecule has 0 aromatic heterocycles. The number of ether oxygens (including phenoxy) is 3. The van der Waals surface area contributed by atoms with Gasteiger partial charge < -0.3 is 19.3 Å². The summed E-state index contributed by atoms with van der Waals surface area (Å²) in [4.78, 5) is 19.2. The molecule has 1 heterocycles. The highest BCUT2D eigenvalue weighted by atomic mass is 79.9. The minimum atomic E-state index is -1.42. The molecular formula is C32H36BrCl2N3O5. The molecule has 230 valence electrons. The van der Waals surface area contributed by atoms with E-state index in [9.17, 15) is 4.79 Å². The van der Waals surface area contributed by atoms with E-state index < -0.39 is 11.6 Å². The van der Waals surface area contributed by atoms with Gasteiger partial charge in [-0.3, -0.25) is 10.2 Å². The molecule has 1 aliphatic rings. The first-order chi connectivity index (χ1) is 20.7. The maximum Gasteiger partial charge on any atom is 0.266 e. The van der Waals surface area contributed by atoms with Gasteiger partial charge in [0.05, 0.1) is 12.7 Å². The van der Waals surface area contributed by atoms with Crippen LogP contribution in [0.15, 0.2) is 76.2 Å². The number of carbonyl (C=O) groups is 1. The molecule has 43 heavy (non-hydrogen) atoms. The Labute approximate surface area is 270 Å². The predicted octanol–water partition coefficient (Wildman–Crippen LogP) is 6.45. The topological polar surface area (TPSA) is 101 Å². The van der Waals surface area contributed by atoms with Crippen LogP contribution in [-0.4, -0.2) is 54.9 Å². The van der Waals surface area contributed by atoms with E-state index in [0.717, 1.165) is 10.0 Å². The Balaban J connectivity index is 1.70. The number of aliphatic imine (C=N–C) groups is 1. The highest BCUT2D eigenvalue weighted by Crippen LogP contribution is 2.45. The fraction of sp³-hybridized carbons (Fsp3) is 0.375. The highest BCUT2D eigenvalue weighted by molar-refractivity contribution is 9.10. The molecule has 4 rings (SSSR count). The van der Waals surface area contributed by atoms with Crippen LogP contribution < -0.4 is 15.6 Å². The van der Waals surface area contributed by atoms with Crippen molar-refractivity contribution >= 4 is 50.9 Å². The number of nitrogens with one attached hydrogen (secondary N) is 2. The molecule has 3 aromatic rings. The molecule has 0 aliphatic carbocycles. The van der Waals surface area contributed by atoms with E-state index in [4.69, 9.17) is 47.5 Å². The summed E-state index contributed by atoms with van der Waals surface area (Å²) in [6.07, 6.45) is 0.760. The fourth-order valence-corrected chi connectivity index (χ4v) is 5.39. The Bertz CT molecular complexity index is 1390. The highest BCUT2D eigenvalue weighted by Gasteiger charge is 2.54. The summed E-state index contributed by atoms with van der Waals surface area (Å²) in [7, 11) is 0. The number of nitrogens with zero attached hydrogens (tertiary/aromatic N) is 1. The molecule has 0 bridgehead atoms. The summed E-state index contributed by atoms with van der Waals surface area (Å²) in [5, 5.41) is 9.88. The molecule has 0 fully saturated rings. The van der Waals surface area contributed by atoms with Gasteiger partial charge in [-0.2, -0.15) is 0 Å². The first kappa shape index (κ1) is 33.2. The Morgan fingerprint density at radius 3 is 2.49 bits per heavy atom. The quantitative estimate of drug-likeness (QED) is 0.125. The van der Waals surface area contributed by atoms with Crippen molar-refractivity contribution in [1.29, 1.82) is 0 Å². The van der Waals surface area contributed by atoms with Crippen LogP contribution in [0.3, 0.4) is 0 Å². The van der Waals surface area contributed by atoms with Gasteiger partial charge in [-0.1, -0.05) is 57.3 Å². The van der Waals surface area contributed by atoms with Gasteiger partial charge in [-0.15, -0.1) is 0 Å². The Kier molecular flexibility index (Phi) is 12.3. The van der Waals surface area contributed by atoms with E-state index >= 15 is 0 Å². The third kappa shape index (κ3) is 8.94. The summed E-state index contributed by atoms with van der Waals surface area (Å²) < 4.78 is 18.7. The standard InChI is InChI=1S/C32H36BrCl2N3O5/c1-21(2)41-17-3-15-36-38-31(40)32(20-22-5-9-24(33)10-6-22)29(27-14-11-25(34)19-28(27)35)43-30(37-32)23-7-12-26(13-8-23)42-18-4-16-39/h5-14,19,21,29,36,39H,3-4,15-18,20H2,1-2H3,(H,38,40)/t29-,32-/m0/s1. The summed E-state index contributed by atoms with van der Waals surface area (Å²) in [5.41, 5.74) is 6.65. The van der Waals surface area contributed by atoms with Crippen molar-refractivity contribution in [3.8, 4) is 5.75 Å². The van der Waals surface area contributed by atoms with Crippen molar-refractivity contribution in [2.45, 2.75) is 50.9 Å². The molecule has 0 unspecified atom stereocenters. The van der Waals surface area contributed by atoms with Crippen LogP contribution in [0.5, 0.6) is 5.75 Å². The number of hydrazine groups is 1. The maximum absolute atomic E-state index is 14.2. The van der Waals surface area contributed by atoms with Crippen molar-refractivity contribution in [2.75, 3.05) is 26.4 Å². The van der Waals surface area contributed by atoms with Gasteiger partial charge in [-0.25, -0.2) is 10.4 Å². The van der Waals surface area contributed by atoms with E-state index in [0.29, 0.717) is 65.4 Å². The lowest BCUT2D eigenvalue weighted by atomic mass is 9.82. The molecule has 3 aromatic carbocycles. The molecule has 2 atom stereocenters. The van der Waals surface area contributed by atoms with Crippen molar-refractivity contribution in [3.63, 3.8) is 0 Å². The molecule has 1 amide bonds. The molecule has 0 saturated heterocycles. The number of rotatable bonds is 15. The average Bonchev–Trinajstić information content (AvgIpc) is 3.36. The SMILES string of the molecule is CC(C)OCCCNNC(=O)[C@@]1(Cc2ccc(Br)cc2)N=C(c2ccc(OCCCO)cc2)O[C@H]1c1ccc(Cl)cc1Cl. The third-order valence-electron chi connectivity index (χ3n) is 6.76. The van der Waals surface area contributed by atoms with Crippen LogP contribution in [0.1, 0.15) is 49.5 Å². The van der Waals surface area contributed by atoms with Crippen LogP contribution in [0.25, 0.3) is 0 Å². The minimum absolute atomic E-state index is 0.0560. The monoisotopic (exact) mass is 691 g/mol. The Morgan fingerprint density at radius 2 is 1.81 bits per heavy atom. The van der Waals surface area contributed by atoms with Gasteiger partial charge in [0.15, 0.2) is 11.6 Å². The van der Waals surface area contributed by atoms with E-state index in [2.05, 4.69) is 26.8 Å². The zero-order valence-electron chi connectivity index (χ0n) is 24.1. The van der Waals surface area contributed by atoms with Gasteiger partial charge in [0.2, 0.25) is 5.90 Å². The molecule has 0 spiro atoms. The van der Waals surface area contributed by atoms with E-state index in [1.807, 2.05) is 50.2 Å². The van der Waals surface area contributed by atoms with Crippen molar-refractivity contribution in [3.05, 3.63) is 97.9 Å². The molecule has 8 nitrogen and oxygen atoms in total. The van der Waals surface area contributed by atoms with E-state index in [1.165, 1.54) is 0 Å². The number of hydrogen-bond donors (Lipinski definition) is 3. The van der Waals surface area contributed by atoms with Gasteiger partial charge in [0.1, 0.15) is 5.75 Å². The number of halogens is 3. The van der Waals surface area contributed by atoms with Crippen molar-refractivity contribution in [1.82, 2.24) is 10.9 Å². The van der Waals surface area contributed by atoms with Crippen LogP contribution in [0.4, 0.5) is 0 Å². The number of aliphatic hydroxyl groups is 1. The lowest BCUT2D eigenvalue weighted by molar-refractivity contribution is -0.130. The number of benzene rings is 3. The Hall–Kier alpha value is -2.66. The predicted molar refractivity (Wildman–Crippen MR) is 173 cm³/mol. The molecular weight excluding hydrogens is 657 g/mol. The lowest BCUT2D eigenvalue weighted by Crippen LogP contribution is -2.54. The second-order valence-corrected chi connectivity index (χ2v) is 12.2. The molecule has 3 N–H and O–H groups in total. The van der Waals surface area contributed by atoms with Crippen molar-refractivity contribution in [2.24, 2.45) is 4.99 Å². The van der Waals surface area contributed by atoms with Crippen LogP contribution in [0, 0.1) is 0 Å². The van der Waals surface area contributed by atoms with Crippen LogP contribution >= 0.6 is 39.1 Å². The summed E-state index contributed by atoms with van der Waals surface area (Å²) in [6, 6.07) is 20.1. The lowest BCUT2D eigenvalue weighted by Gasteiger charge is -2.31. The zero-order chi connectivity index (χ0) is 30.8. The van der Waals surface area contributed by atoms with Gasteiger partial charge in [0, 0.05) is 58.2 Å². The molecule has 11 heteroatoms. The van der Waals surface area contributed by atoms with Crippen LogP contribution in [0.2, 0.25) is 10.0 Å². The fourth-order valence-electron chi connectivity index (χ4n) is 4.62. The average molecular weight is 693 g/mol. The van der Waals surface area contributed by atoms with E-state index in [-0.39, 0.29) is 25.0 Å². The summed E-state index contributed by atoms with van der Waals surface area (Å²) in [5.74, 6) is 0.586. The smallest absolute Gasteiger partial charge is 0.266 e. The second kappa shape index (κ2) is 15.9. The molecule has 1 aliphatic heterocycles. The first-order valence-electron chi connectivity index (χ1n) is 14.2. The van der Waals surface area contributed by atoms with Gasteiger partial charge in [-0.05, 0) is 74.4 Å². The summed E-state index contributed by atoms with van der Waals surface area (Å²) >= 11 is 16.4. The third-order valence-corrected chi connectivity index (χ3v) is 7.85. The maximum atomic E-state index is 14.2. The number of aliphatic hydroxyl groups excluding tert-OH is 1. The molecule has 0 saturated carbocycles. The Morgan fingerprint density at radius 1 is 1.07 bits per heavy atom. The van der Waals surface area contributed by atoms with E-state index in [1.54, 1.807) is 30.3 Å². The number of carbonyl (C=O) groups excluding carboxylic acids is 1. The molecule has 0 radical (unpaired) electrons. The number of hydrogen-bond acceptors (Lipinski definition) is 7. The second-order valence-electron chi connectivity index (χ2n) is 10.4.